The molecular weight excluding hydrogens is 230 g/mol. The topological polar surface area (TPSA) is 55.1 Å². The third-order valence-corrected chi connectivity index (χ3v) is 2.98. The fourth-order valence-corrected chi connectivity index (χ4v) is 1.97. The summed E-state index contributed by atoms with van der Waals surface area (Å²) in [5.74, 6) is -4.36. The van der Waals surface area contributed by atoms with Gasteiger partial charge in [-0.25, -0.2) is 8.78 Å². The Balaban J connectivity index is 2.28. The zero-order valence-corrected chi connectivity index (χ0v) is 9.65. The van der Waals surface area contributed by atoms with E-state index in [1.165, 1.54) is 10.7 Å². The molecule has 0 saturated heterocycles. The lowest BCUT2D eigenvalue weighted by molar-refractivity contribution is -0.143. The first-order chi connectivity index (χ1) is 7.79. The maximum atomic E-state index is 13.2. The molecule has 0 amide bonds. The van der Waals surface area contributed by atoms with Crippen LogP contribution < -0.4 is 0 Å². The van der Waals surface area contributed by atoms with E-state index < -0.39 is 23.7 Å². The number of carboxylic acid groups (broad SMARTS) is 1. The number of hydrogen-bond acceptors (Lipinski definition) is 2. The van der Waals surface area contributed by atoms with Gasteiger partial charge in [0.25, 0.3) is 5.92 Å². The fraction of sp³-hybridized carbons (Fsp3) is 0.636. The van der Waals surface area contributed by atoms with E-state index in [-0.39, 0.29) is 5.69 Å². The maximum Gasteiger partial charge on any atom is 0.322 e. The van der Waals surface area contributed by atoms with Gasteiger partial charge in [0.2, 0.25) is 0 Å². The van der Waals surface area contributed by atoms with Gasteiger partial charge < -0.3 is 5.11 Å². The fourth-order valence-electron chi connectivity index (χ4n) is 1.97. The standard InChI is InChI=1S/C11H14F2N2O2/c1-7(2)5-15-4-3-8(14-15)10(9(16)17)6-11(10,12)13/h3-4,7H,5-6H2,1-2H3,(H,16,17). The number of rotatable bonds is 4. The molecule has 1 aromatic rings. The predicted molar refractivity (Wildman–Crippen MR) is 55.9 cm³/mol. The third kappa shape index (κ3) is 1.71. The third-order valence-electron chi connectivity index (χ3n) is 2.98. The molecule has 2 rings (SSSR count). The minimum Gasteiger partial charge on any atom is -0.480 e. The van der Waals surface area contributed by atoms with E-state index in [1.54, 1.807) is 6.20 Å². The molecule has 6 heteroatoms. The van der Waals surface area contributed by atoms with Gasteiger partial charge in [-0.3, -0.25) is 9.48 Å². The van der Waals surface area contributed by atoms with Crippen LogP contribution >= 0.6 is 0 Å². The molecule has 4 nitrogen and oxygen atoms in total. The Hall–Kier alpha value is -1.46. The average Bonchev–Trinajstić information content (AvgIpc) is 2.55. The molecule has 1 unspecified atom stereocenters. The number of carbonyl (C=O) groups is 1. The van der Waals surface area contributed by atoms with E-state index in [0.717, 1.165) is 0 Å². The Labute approximate surface area is 97.2 Å². The Bertz CT molecular complexity index is 456. The lowest BCUT2D eigenvalue weighted by Crippen LogP contribution is -2.28. The van der Waals surface area contributed by atoms with Gasteiger partial charge >= 0.3 is 5.97 Å². The van der Waals surface area contributed by atoms with E-state index in [9.17, 15) is 13.6 Å². The van der Waals surface area contributed by atoms with Crippen LogP contribution in [0.15, 0.2) is 12.3 Å². The highest BCUT2D eigenvalue weighted by atomic mass is 19.3. The lowest BCUT2D eigenvalue weighted by Gasteiger charge is -2.08. The minimum absolute atomic E-state index is 0.0457. The molecule has 0 aliphatic heterocycles. The van der Waals surface area contributed by atoms with Crippen molar-refractivity contribution in [2.75, 3.05) is 0 Å². The Morgan fingerprint density at radius 3 is 2.65 bits per heavy atom. The van der Waals surface area contributed by atoms with Gasteiger partial charge in [-0.1, -0.05) is 13.8 Å². The van der Waals surface area contributed by atoms with Gasteiger partial charge in [-0.05, 0) is 12.0 Å². The van der Waals surface area contributed by atoms with E-state index in [0.29, 0.717) is 12.5 Å². The summed E-state index contributed by atoms with van der Waals surface area (Å²) in [6, 6.07) is 1.37. The van der Waals surface area contributed by atoms with Gasteiger partial charge in [0.05, 0.1) is 5.69 Å². The first-order valence-corrected chi connectivity index (χ1v) is 5.45. The number of nitrogens with zero attached hydrogens (tertiary/aromatic N) is 2. The molecule has 1 aliphatic rings. The second-order valence-electron chi connectivity index (χ2n) is 4.91. The molecule has 1 N–H and O–H groups in total. The summed E-state index contributed by atoms with van der Waals surface area (Å²) < 4.78 is 28.0. The van der Waals surface area contributed by atoms with Gasteiger partial charge in [0.15, 0.2) is 5.41 Å². The predicted octanol–water partition coefficient (Wildman–Crippen LogP) is 1.90. The van der Waals surface area contributed by atoms with Crippen LogP contribution in [-0.4, -0.2) is 26.8 Å². The first kappa shape index (κ1) is 12.0. The van der Waals surface area contributed by atoms with E-state index in [1.807, 2.05) is 13.8 Å². The van der Waals surface area contributed by atoms with E-state index in [4.69, 9.17) is 5.11 Å². The molecule has 94 valence electrons. The van der Waals surface area contributed by atoms with Crippen LogP contribution in [0.3, 0.4) is 0 Å². The molecule has 17 heavy (non-hydrogen) atoms. The zero-order valence-electron chi connectivity index (χ0n) is 9.65. The van der Waals surface area contributed by atoms with Crippen LogP contribution in [-0.2, 0) is 16.8 Å². The molecule has 1 heterocycles. The first-order valence-electron chi connectivity index (χ1n) is 5.45. The minimum atomic E-state index is -3.18. The normalized spacial score (nSPS) is 26.2. The number of alkyl halides is 2. The number of aliphatic carboxylic acids is 1. The van der Waals surface area contributed by atoms with Crippen molar-refractivity contribution in [3.8, 4) is 0 Å². The monoisotopic (exact) mass is 244 g/mol. The molecule has 1 aliphatic carbocycles. The summed E-state index contributed by atoms with van der Waals surface area (Å²) in [6.07, 6.45) is 0.891. The number of halogens is 2. The van der Waals surface area contributed by atoms with E-state index >= 15 is 0 Å². The molecule has 0 radical (unpaired) electrons. The molecule has 1 saturated carbocycles. The average molecular weight is 244 g/mol. The quantitative estimate of drug-likeness (QED) is 0.880. The number of hydrogen-bond donors (Lipinski definition) is 1. The maximum absolute atomic E-state index is 13.2. The largest absolute Gasteiger partial charge is 0.480 e. The highest BCUT2D eigenvalue weighted by Crippen LogP contribution is 2.61. The highest BCUT2D eigenvalue weighted by molar-refractivity contribution is 5.87. The van der Waals surface area contributed by atoms with Crippen molar-refractivity contribution < 1.29 is 18.7 Å². The molecule has 0 aromatic carbocycles. The van der Waals surface area contributed by atoms with Crippen LogP contribution in [0.25, 0.3) is 0 Å². The summed E-state index contributed by atoms with van der Waals surface area (Å²) in [5.41, 5.74) is -2.15. The van der Waals surface area contributed by atoms with Crippen LogP contribution in [0.1, 0.15) is 26.0 Å². The number of aromatic nitrogens is 2. The lowest BCUT2D eigenvalue weighted by atomic mass is 10.0. The van der Waals surface area contributed by atoms with Crippen molar-refractivity contribution in [1.82, 2.24) is 9.78 Å². The molecule has 0 bridgehead atoms. The highest BCUT2D eigenvalue weighted by Gasteiger charge is 2.78. The molecule has 1 aromatic heterocycles. The van der Waals surface area contributed by atoms with Gasteiger partial charge in [0, 0.05) is 19.2 Å². The van der Waals surface area contributed by atoms with Crippen molar-refractivity contribution in [1.29, 1.82) is 0 Å². The molecule has 0 spiro atoms. The van der Waals surface area contributed by atoms with Crippen molar-refractivity contribution >= 4 is 5.97 Å². The number of carboxylic acids is 1. The van der Waals surface area contributed by atoms with Gasteiger partial charge in [-0.15, -0.1) is 0 Å². The second-order valence-corrected chi connectivity index (χ2v) is 4.91. The Kier molecular flexibility index (Phi) is 2.48. The van der Waals surface area contributed by atoms with Crippen molar-refractivity contribution in [2.45, 2.75) is 38.2 Å². The summed E-state index contributed by atoms with van der Waals surface area (Å²) in [5, 5.41) is 12.9. The van der Waals surface area contributed by atoms with Crippen molar-refractivity contribution in [2.24, 2.45) is 5.92 Å². The molecular formula is C11H14F2N2O2. The van der Waals surface area contributed by atoms with Gasteiger partial charge in [0.1, 0.15) is 0 Å². The molecule has 1 atom stereocenters. The van der Waals surface area contributed by atoms with Crippen LogP contribution in [0, 0.1) is 5.92 Å². The summed E-state index contributed by atoms with van der Waals surface area (Å²) in [4.78, 5) is 11.0. The Morgan fingerprint density at radius 1 is 1.65 bits per heavy atom. The van der Waals surface area contributed by atoms with E-state index in [2.05, 4.69) is 5.10 Å². The SMILES string of the molecule is CC(C)Cn1ccc(C2(C(=O)O)CC2(F)F)n1. The molecule has 1 fully saturated rings. The summed E-state index contributed by atoms with van der Waals surface area (Å²) in [7, 11) is 0. The van der Waals surface area contributed by atoms with Gasteiger partial charge in [-0.2, -0.15) is 5.10 Å². The van der Waals surface area contributed by atoms with Crippen LogP contribution in [0.5, 0.6) is 0 Å². The summed E-state index contributed by atoms with van der Waals surface area (Å²) in [6.45, 7) is 4.53. The Morgan fingerprint density at radius 2 is 2.24 bits per heavy atom. The second kappa shape index (κ2) is 3.51. The smallest absolute Gasteiger partial charge is 0.322 e. The van der Waals surface area contributed by atoms with Crippen LogP contribution in [0.2, 0.25) is 0 Å². The summed E-state index contributed by atoms with van der Waals surface area (Å²) >= 11 is 0. The zero-order chi connectivity index (χ0) is 12.8. The van der Waals surface area contributed by atoms with Crippen molar-refractivity contribution in [3.63, 3.8) is 0 Å². The van der Waals surface area contributed by atoms with Crippen molar-refractivity contribution in [3.05, 3.63) is 18.0 Å². The van der Waals surface area contributed by atoms with Crippen LogP contribution in [0.4, 0.5) is 8.78 Å².